The molecule has 0 amide bonds. The normalized spacial score (nSPS) is 14.3. The Hall–Kier alpha value is -0.540. The summed E-state index contributed by atoms with van der Waals surface area (Å²) in [6.07, 6.45) is 1.35. The van der Waals surface area contributed by atoms with E-state index in [1.165, 1.54) is 0 Å². The van der Waals surface area contributed by atoms with Crippen molar-refractivity contribution >= 4 is 60.7 Å². The summed E-state index contributed by atoms with van der Waals surface area (Å²) in [4.78, 5) is 0. The highest BCUT2D eigenvalue weighted by Gasteiger charge is 2.21. The van der Waals surface area contributed by atoms with Gasteiger partial charge >= 0.3 is 0 Å². The van der Waals surface area contributed by atoms with Gasteiger partial charge in [0.05, 0.1) is 38.6 Å². The quantitative estimate of drug-likeness (QED) is 0.116. The molecule has 0 aromatic heterocycles. The maximum Gasteiger partial charge on any atom is 0.293 e. The molecule has 24 heteroatoms. The van der Waals surface area contributed by atoms with Gasteiger partial charge in [-0.25, -0.2) is 0 Å². The van der Waals surface area contributed by atoms with Crippen molar-refractivity contribution in [2.45, 2.75) is 19.3 Å². The SMILES string of the molecule is CS(=O)(=O)OCS(=O)(=O)OCCC(CCOS(=O)(=O)COS(C)(=O)=O)CCOS(=O)(=O)COS(C)(=O)=O. The van der Waals surface area contributed by atoms with Crippen molar-refractivity contribution in [1.82, 2.24) is 0 Å². The monoisotopic (exact) mass is 664 g/mol. The van der Waals surface area contributed by atoms with Gasteiger partial charge < -0.3 is 0 Å². The molecule has 0 bridgehead atoms. The molecule has 0 aliphatic heterocycles. The second kappa shape index (κ2) is 14.7. The first-order valence-corrected chi connectivity index (χ1v) is 19.7. The van der Waals surface area contributed by atoms with E-state index in [9.17, 15) is 50.5 Å². The van der Waals surface area contributed by atoms with Crippen molar-refractivity contribution in [3.05, 3.63) is 0 Å². The van der Waals surface area contributed by atoms with Gasteiger partial charge in [-0.3, -0.25) is 25.1 Å². The van der Waals surface area contributed by atoms with E-state index in [1.54, 1.807) is 0 Å². The number of hydrogen-bond donors (Lipinski definition) is 0. The molecule has 0 spiro atoms. The number of hydrogen-bond acceptors (Lipinski definition) is 18. The molecule has 0 aliphatic carbocycles. The van der Waals surface area contributed by atoms with Crippen LogP contribution in [0.25, 0.3) is 0 Å². The summed E-state index contributed by atoms with van der Waals surface area (Å²) in [5.74, 6) is -4.64. The van der Waals surface area contributed by atoms with Crippen LogP contribution in [0, 0.1) is 5.92 Å². The summed E-state index contributed by atoms with van der Waals surface area (Å²) >= 11 is 0. The molecule has 224 valence electrons. The summed E-state index contributed by atoms with van der Waals surface area (Å²) in [6, 6.07) is 0. The Morgan fingerprint density at radius 2 is 0.622 bits per heavy atom. The standard InChI is InChI=1S/C13H28O18S6/c1-32(14,15)29-10-35(20,21)26-7-4-13(5-8-27-36(22,23)11-30-33(2,16)17)6-9-28-37(24,25)12-31-34(3,18)19/h13H,4-12H2,1-3H3. The first-order valence-electron chi connectivity index (χ1n) is 9.55. The number of rotatable bonds is 21. The van der Waals surface area contributed by atoms with E-state index in [0.717, 1.165) is 0 Å². The van der Waals surface area contributed by atoms with Crippen molar-refractivity contribution in [1.29, 1.82) is 0 Å². The Labute approximate surface area is 217 Å². The molecule has 0 heterocycles. The molecule has 0 aliphatic rings. The fourth-order valence-electron chi connectivity index (χ4n) is 2.00. The highest BCUT2D eigenvalue weighted by molar-refractivity contribution is 7.90. The van der Waals surface area contributed by atoms with Crippen molar-refractivity contribution in [3.8, 4) is 0 Å². The van der Waals surface area contributed by atoms with Crippen molar-refractivity contribution in [2.24, 2.45) is 5.92 Å². The van der Waals surface area contributed by atoms with Crippen LogP contribution in [0.4, 0.5) is 0 Å². The van der Waals surface area contributed by atoms with E-state index in [2.05, 4.69) is 25.1 Å². The van der Waals surface area contributed by atoms with Crippen molar-refractivity contribution in [3.63, 3.8) is 0 Å². The Bertz CT molecular complexity index is 1190. The van der Waals surface area contributed by atoms with Crippen molar-refractivity contribution in [2.75, 3.05) is 56.4 Å². The smallest absolute Gasteiger partial charge is 0.268 e. The average molecular weight is 665 g/mol. The zero-order valence-corrected chi connectivity index (χ0v) is 24.6. The molecule has 0 fully saturated rings. The van der Waals surface area contributed by atoms with Gasteiger partial charge in [0.2, 0.25) is 0 Å². The lowest BCUT2D eigenvalue weighted by Gasteiger charge is -2.17. The van der Waals surface area contributed by atoms with E-state index in [4.69, 9.17) is 0 Å². The summed E-state index contributed by atoms with van der Waals surface area (Å²) in [5, 5.41) is 0. The summed E-state index contributed by atoms with van der Waals surface area (Å²) in [7, 11) is -25.6. The van der Waals surface area contributed by atoms with Crippen LogP contribution < -0.4 is 0 Å². The molecule has 0 radical (unpaired) electrons. The van der Waals surface area contributed by atoms with Crippen LogP contribution in [0.1, 0.15) is 19.3 Å². The molecule has 37 heavy (non-hydrogen) atoms. The van der Waals surface area contributed by atoms with E-state index in [-0.39, 0.29) is 19.3 Å². The van der Waals surface area contributed by atoms with Crippen LogP contribution >= 0.6 is 0 Å². The molecule has 0 aromatic rings. The highest BCUT2D eigenvalue weighted by Crippen LogP contribution is 2.17. The fraction of sp³-hybridized carbons (Fsp3) is 1.00. The third-order valence-corrected chi connectivity index (χ3v) is 8.47. The van der Waals surface area contributed by atoms with E-state index in [1.807, 2.05) is 0 Å². The topological polar surface area (TPSA) is 260 Å². The van der Waals surface area contributed by atoms with Gasteiger partial charge in [-0.2, -0.15) is 50.5 Å². The Morgan fingerprint density at radius 3 is 0.811 bits per heavy atom. The first kappa shape index (κ1) is 36.5. The van der Waals surface area contributed by atoms with Crippen LogP contribution in [0.5, 0.6) is 0 Å². The van der Waals surface area contributed by atoms with Gasteiger partial charge in [0, 0.05) is 0 Å². The second-order valence-electron chi connectivity index (χ2n) is 7.19. The van der Waals surface area contributed by atoms with Gasteiger partial charge in [-0.15, -0.1) is 0 Å². The summed E-state index contributed by atoms with van der Waals surface area (Å²) in [6.45, 7) is -1.68. The predicted octanol–water partition coefficient (Wildman–Crippen LogP) is -2.39. The maximum atomic E-state index is 11.7. The highest BCUT2D eigenvalue weighted by atomic mass is 32.3. The zero-order chi connectivity index (χ0) is 29.2. The van der Waals surface area contributed by atoms with E-state index < -0.39 is 104 Å². The van der Waals surface area contributed by atoms with Gasteiger partial charge in [-0.05, 0) is 25.2 Å². The van der Waals surface area contributed by atoms with Crippen LogP contribution in [0.2, 0.25) is 0 Å². The van der Waals surface area contributed by atoms with Gasteiger partial charge in [0.1, 0.15) is 0 Å². The molecule has 0 saturated carbocycles. The van der Waals surface area contributed by atoms with Crippen LogP contribution in [-0.2, 0) is 85.8 Å². The minimum absolute atomic E-state index is 0.162. The van der Waals surface area contributed by atoms with Crippen LogP contribution in [0.15, 0.2) is 0 Å². The molecular weight excluding hydrogens is 637 g/mol. The summed E-state index contributed by atoms with van der Waals surface area (Å²) < 4.78 is 162. The third kappa shape index (κ3) is 23.1. The molecular formula is C13H28O18S6. The molecule has 0 saturated heterocycles. The molecule has 0 atom stereocenters. The molecule has 0 rings (SSSR count). The molecule has 0 unspecified atom stereocenters. The molecule has 0 N–H and O–H groups in total. The van der Waals surface area contributed by atoms with Crippen molar-refractivity contribution < 1.29 is 75.6 Å². The lowest BCUT2D eigenvalue weighted by molar-refractivity contribution is 0.202. The predicted molar refractivity (Wildman–Crippen MR) is 124 cm³/mol. The molecule has 18 nitrogen and oxygen atoms in total. The third-order valence-electron chi connectivity index (χ3n) is 3.59. The van der Waals surface area contributed by atoms with Gasteiger partial charge in [0.15, 0.2) is 17.8 Å². The van der Waals surface area contributed by atoms with Gasteiger partial charge in [0.25, 0.3) is 60.7 Å². The van der Waals surface area contributed by atoms with Crippen LogP contribution in [-0.4, -0.2) is 107 Å². The van der Waals surface area contributed by atoms with Gasteiger partial charge in [-0.1, -0.05) is 0 Å². The first-order chi connectivity index (χ1) is 16.4. The lowest BCUT2D eigenvalue weighted by atomic mass is 9.99. The lowest BCUT2D eigenvalue weighted by Crippen LogP contribution is -2.21. The minimum Gasteiger partial charge on any atom is -0.268 e. The van der Waals surface area contributed by atoms with E-state index in [0.29, 0.717) is 18.8 Å². The Balaban J connectivity index is 5.05. The molecule has 0 aromatic carbocycles. The maximum absolute atomic E-state index is 11.7. The summed E-state index contributed by atoms with van der Waals surface area (Å²) in [5.41, 5.74) is 0. The Kier molecular flexibility index (Phi) is 14.5. The Morgan fingerprint density at radius 1 is 0.405 bits per heavy atom. The zero-order valence-electron chi connectivity index (χ0n) is 19.7. The minimum atomic E-state index is -4.44. The largest absolute Gasteiger partial charge is 0.293 e. The second-order valence-corrected chi connectivity index (χ2v) is 16.9. The fourth-order valence-corrected chi connectivity index (χ4v) is 6.77. The van der Waals surface area contributed by atoms with E-state index >= 15 is 0 Å². The average Bonchev–Trinajstić information content (AvgIpc) is 2.68. The van der Waals surface area contributed by atoms with Crippen LogP contribution in [0.3, 0.4) is 0 Å².